The van der Waals surface area contributed by atoms with E-state index in [4.69, 9.17) is 0 Å². The summed E-state index contributed by atoms with van der Waals surface area (Å²) in [6.07, 6.45) is 5.01. The summed E-state index contributed by atoms with van der Waals surface area (Å²) >= 11 is 1.47. The maximum Gasteiger partial charge on any atom is 0.346 e. The zero-order valence-corrected chi connectivity index (χ0v) is 7.13. The summed E-state index contributed by atoms with van der Waals surface area (Å²) in [4.78, 5) is 21.0. The largest absolute Gasteiger partial charge is 0.346 e. The number of nitrogens with zero attached hydrogens (tertiary/aromatic N) is 3. The standard InChI is InChI=1S/C6H6N4OS/c1-12-10-3-8-4-2-7-6(11)9-5(4)10/h2-3H,1H3,(H,7,9,11). The van der Waals surface area contributed by atoms with Gasteiger partial charge in [0.05, 0.1) is 6.20 Å². The number of hydrogen-bond acceptors (Lipinski definition) is 4. The molecular formula is C6H6N4OS. The van der Waals surface area contributed by atoms with Crippen molar-refractivity contribution in [2.24, 2.45) is 0 Å². The molecule has 0 atom stereocenters. The van der Waals surface area contributed by atoms with Crippen LogP contribution in [0.4, 0.5) is 0 Å². The van der Waals surface area contributed by atoms with Gasteiger partial charge in [0.2, 0.25) is 0 Å². The Hall–Kier alpha value is -1.30. The normalized spacial score (nSPS) is 10.8. The first-order chi connectivity index (χ1) is 5.81. The van der Waals surface area contributed by atoms with Crippen LogP contribution in [-0.2, 0) is 0 Å². The first-order valence-corrected chi connectivity index (χ1v) is 4.46. The van der Waals surface area contributed by atoms with Gasteiger partial charge in [-0.05, 0) is 11.9 Å². The number of aromatic amines is 1. The average molecular weight is 182 g/mol. The Kier molecular flexibility index (Phi) is 1.61. The van der Waals surface area contributed by atoms with Gasteiger partial charge in [0.25, 0.3) is 0 Å². The number of rotatable bonds is 1. The Morgan fingerprint density at radius 1 is 1.58 bits per heavy atom. The van der Waals surface area contributed by atoms with E-state index in [0.717, 1.165) is 0 Å². The van der Waals surface area contributed by atoms with Crippen molar-refractivity contribution in [3.63, 3.8) is 0 Å². The monoisotopic (exact) mass is 182 g/mol. The topological polar surface area (TPSA) is 63.6 Å². The summed E-state index contributed by atoms with van der Waals surface area (Å²) in [5.74, 6) is 0. The molecule has 2 aromatic heterocycles. The Balaban J connectivity index is 2.84. The van der Waals surface area contributed by atoms with E-state index in [1.807, 2.05) is 6.26 Å². The fraction of sp³-hybridized carbons (Fsp3) is 0.167. The van der Waals surface area contributed by atoms with Gasteiger partial charge in [-0.15, -0.1) is 0 Å². The molecule has 0 saturated heterocycles. The van der Waals surface area contributed by atoms with Crippen LogP contribution in [0.2, 0.25) is 0 Å². The van der Waals surface area contributed by atoms with E-state index >= 15 is 0 Å². The Morgan fingerprint density at radius 3 is 3.17 bits per heavy atom. The van der Waals surface area contributed by atoms with E-state index in [2.05, 4.69) is 15.0 Å². The third kappa shape index (κ3) is 1.00. The zero-order chi connectivity index (χ0) is 8.55. The van der Waals surface area contributed by atoms with Crippen molar-refractivity contribution in [1.29, 1.82) is 0 Å². The summed E-state index contributed by atoms with van der Waals surface area (Å²) in [5.41, 5.74) is 1.05. The van der Waals surface area contributed by atoms with Gasteiger partial charge in [0.1, 0.15) is 11.8 Å². The van der Waals surface area contributed by atoms with Crippen molar-refractivity contribution < 1.29 is 0 Å². The molecule has 2 heterocycles. The highest BCUT2D eigenvalue weighted by Crippen LogP contribution is 2.10. The lowest BCUT2D eigenvalue weighted by atomic mass is 10.6. The molecule has 0 aromatic carbocycles. The van der Waals surface area contributed by atoms with Crippen LogP contribution >= 0.6 is 11.9 Å². The van der Waals surface area contributed by atoms with Crippen LogP contribution in [-0.4, -0.2) is 25.2 Å². The smallest absolute Gasteiger partial charge is 0.289 e. The Morgan fingerprint density at radius 2 is 2.42 bits per heavy atom. The summed E-state index contributed by atoms with van der Waals surface area (Å²) in [6, 6.07) is 0. The van der Waals surface area contributed by atoms with E-state index in [9.17, 15) is 4.79 Å². The Labute approximate surface area is 72.0 Å². The van der Waals surface area contributed by atoms with Crippen LogP contribution < -0.4 is 5.69 Å². The fourth-order valence-electron chi connectivity index (χ4n) is 0.952. The second-order valence-electron chi connectivity index (χ2n) is 2.18. The van der Waals surface area contributed by atoms with E-state index < -0.39 is 0 Å². The molecule has 0 aliphatic rings. The molecule has 2 aromatic rings. The molecule has 0 aliphatic carbocycles. The number of nitrogens with one attached hydrogen (secondary N) is 1. The lowest BCUT2D eigenvalue weighted by molar-refractivity contribution is 1.10. The molecule has 6 heteroatoms. The van der Waals surface area contributed by atoms with Crippen molar-refractivity contribution in [1.82, 2.24) is 18.9 Å². The minimum atomic E-state index is -0.349. The third-order valence-electron chi connectivity index (χ3n) is 1.49. The number of aromatic nitrogens is 4. The van der Waals surface area contributed by atoms with Crippen molar-refractivity contribution in [3.8, 4) is 0 Å². The zero-order valence-electron chi connectivity index (χ0n) is 6.31. The van der Waals surface area contributed by atoms with Crippen LogP contribution in [0.15, 0.2) is 17.3 Å². The number of H-pyrrole nitrogens is 1. The minimum Gasteiger partial charge on any atom is -0.289 e. The second-order valence-corrected chi connectivity index (χ2v) is 2.93. The van der Waals surface area contributed by atoms with Crippen LogP contribution in [0, 0.1) is 0 Å². The van der Waals surface area contributed by atoms with Gasteiger partial charge in [-0.25, -0.2) is 9.78 Å². The molecule has 0 bridgehead atoms. The number of hydrogen-bond donors (Lipinski definition) is 1. The molecule has 0 spiro atoms. The molecule has 12 heavy (non-hydrogen) atoms. The molecule has 2 rings (SSSR count). The van der Waals surface area contributed by atoms with Gasteiger partial charge in [-0.2, -0.15) is 4.98 Å². The van der Waals surface area contributed by atoms with Gasteiger partial charge >= 0.3 is 5.69 Å². The Bertz CT molecular complexity index is 460. The van der Waals surface area contributed by atoms with E-state index in [0.29, 0.717) is 11.2 Å². The number of imidazole rings is 1. The maximum absolute atomic E-state index is 10.8. The molecule has 0 fully saturated rings. The highest BCUT2D eigenvalue weighted by molar-refractivity contribution is 7.97. The van der Waals surface area contributed by atoms with Crippen molar-refractivity contribution in [2.45, 2.75) is 0 Å². The highest BCUT2D eigenvalue weighted by Gasteiger charge is 2.01. The minimum absolute atomic E-state index is 0.349. The van der Waals surface area contributed by atoms with Crippen molar-refractivity contribution in [3.05, 3.63) is 23.0 Å². The fourth-order valence-corrected chi connectivity index (χ4v) is 1.41. The quantitative estimate of drug-likeness (QED) is 0.686. The predicted octanol–water partition coefficient (Wildman–Crippen LogP) is 0.246. The van der Waals surface area contributed by atoms with Crippen LogP contribution in [0.25, 0.3) is 11.2 Å². The SMILES string of the molecule is CSn1cnc2cnc(=O)[nH]c21. The van der Waals surface area contributed by atoms with E-state index in [1.165, 1.54) is 18.1 Å². The van der Waals surface area contributed by atoms with Gasteiger partial charge in [-0.3, -0.25) is 8.96 Å². The molecular weight excluding hydrogens is 176 g/mol. The van der Waals surface area contributed by atoms with Crippen LogP contribution in [0.1, 0.15) is 0 Å². The maximum atomic E-state index is 10.8. The van der Waals surface area contributed by atoms with Gasteiger partial charge in [0.15, 0.2) is 5.65 Å². The lowest BCUT2D eigenvalue weighted by Crippen LogP contribution is -2.09. The molecule has 5 nitrogen and oxygen atoms in total. The predicted molar refractivity (Wildman–Crippen MR) is 47.1 cm³/mol. The summed E-state index contributed by atoms with van der Waals surface area (Å²) in [7, 11) is 0. The van der Waals surface area contributed by atoms with Gasteiger partial charge in [0, 0.05) is 6.26 Å². The van der Waals surface area contributed by atoms with Gasteiger partial charge < -0.3 is 0 Å². The highest BCUT2D eigenvalue weighted by atomic mass is 32.2. The molecule has 0 saturated carbocycles. The second kappa shape index (κ2) is 2.63. The van der Waals surface area contributed by atoms with Gasteiger partial charge in [-0.1, -0.05) is 0 Å². The first kappa shape index (κ1) is 7.35. The molecule has 0 unspecified atom stereocenters. The summed E-state index contributed by atoms with van der Waals surface area (Å²) < 4.78 is 1.78. The first-order valence-electron chi connectivity index (χ1n) is 3.28. The van der Waals surface area contributed by atoms with Crippen LogP contribution in [0.3, 0.4) is 0 Å². The van der Waals surface area contributed by atoms with E-state index in [-0.39, 0.29) is 5.69 Å². The molecule has 0 radical (unpaired) electrons. The molecule has 0 aliphatic heterocycles. The molecule has 0 amide bonds. The summed E-state index contributed by atoms with van der Waals surface area (Å²) in [5, 5.41) is 0. The summed E-state index contributed by atoms with van der Waals surface area (Å²) in [6.45, 7) is 0. The van der Waals surface area contributed by atoms with Crippen molar-refractivity contribution >= 4 is 23.1 Å². The number of fused-ring (bicyclic) bond motifs is 1. The average Bonchev–Trinajstić information content (AvgIpc) is 2.46. The molecule has 62 valence electrons. The van der Waals surface area contributed by atoms with E-state index in [1.54, 1.807) is 10.3 Å². The molecule has 1 N–H and O–H groups in total. The lowest BCUT2D eigenvalue weighted by Gasteiger charge is -1.94. The van der Waals surface area contributed by atoms with Crippen molar-refractivity contribution in [2.75, 3.05) is 6.26 Å². The van der Waals surface area contributed by atoms with Crippen LogP contribution in [0.5, 0.6) is 0 Å². The third-order valence-corrected chi connectivity index (χ3v) is 2.16.